The summed E-state index contributed by atoms with van der Waals surface area (Å²) in [5.41, 5.74) is 6.14. The monoisotopic (exact) mass is 226 g/mol. The van der Waals surface area contributed by atoms with E-state index in [0.717, 1.165) is 13.0 Å². The maximum atomic E-state index is 6.14. The highest BCUT2D eigenvalue weighted by Gasteiger charge is 2.39. The van der Waals surface area contributed by atoms with Gasteiger partial charge in [-0.15, -0.1) is 0 Å². The SMILES string of the molecule is COC1CCCC1N1CCC(N)C(C)C1C. The lowest BCUT2D eigenvalue weighted by atomic mass is 9.86. The Hall–Kier alpha value is -0.120. The molecule has 2 N–H and O–H groups in total. The van der Waals surface area contributed by atoms with Gasteiger partial charge in [0.2, 0.25) is 0 Å². The molecule has 5 atom stereocenters. The van der Waals surface area contributed by atoms with Crippen molar-refractivity contribution >= 4 is 0 Å². The first-order valence-corrected chi connectivity index (χ1v) is 6.69. The van der Waals surface area contributed by atoms with Gasteiger partial charge in [-0.2, -0.15) is 0 Å². The van der Waals surface area contributed by atoms with E-state index in [1.54, 1.807) is 0 Å². The Morgan fingerprint density at radius 1 is 1.19 bits per heavy atom. The highest BCUT2D eigenvalue weighted by molar-refractivity contribution is 4.94. The normalized spacial score (nSPS) is 46.1. The van der Waals surface area contributed by atoms with Gasteiger partial charge in [-0.3, -0.25) is 4.90 Å². The van der Waals surface area contributed by atoms with Gasteiger partial charge in [-0.25, -0.2) is 0 Å². The number of piperidine rings is 1. The lowest BCUT2D eigenvalue weighted by molar-refractivity contribution is -0.0137. The average Bonchev–Trinajstić information content (AvgIpc) is 2.74. The molecule has 2 aliphatic rings. The minimum absolute atomic E-state index is 0.383. The summed E-state index contributed by atoms with van der Waals surface area (Å²) in [6.07, 6.45) is 5.42. The number of nitrogens with zero attached hydrogens (tertiary/aromatic N) is 1. The molecule has 3 heteroatoms. The molecule has 0 aromatic heterocycles. The number of likely N-dealkylation sites (tertiary alicyclic amines) is 1. The maximum Gasteiger partial charge on any atom is 0.0726 e. The zero-order valence-electron chi connectivity index (χ0n) is 10.9. The molecule has 2 rings (SSSR count). The summed E-state index contributed by atoms with van der Waals surface area (Å²) in [5, 5.41) is 0. The summed E-state index contributed by atoms with van der Waals surface area (Å²) >= 11 is 0. The highest BCUT2D eigenvalue weighted by atomic mass is 16.5. The molecule has 1 aliphatic heterocycles. The van der Waals surface area contributed by atoms with Gasteiger partial charge in [0.1, 0.15) is 0 Å². The molecule has 0 spiro atoms. The molecular weight excluding hydrogens is 200 g/mol. The van der Waals surface area contributed by atoms with E-state index in [0.29, 0.717) is 30.1 Å². The molecule has 2 fully saturated rings. The largest absolute Gasteiger partial charge is 0.380 e. The van der Waals surface area contributed by atoms with E-state index in [4.69, 9.17) is 10.5 Å². The third kappa shape index (κ3) is 2.13. The van der Waals surface area contributed by atoms with Crippen LogP contribution in [-0.2, 0) is 4.74 Å². The maximum absolute atomic E-state index is 6.14. The van der Waals surface area contributed by atoms with Gasteiger partial charge < -0.3 is 10.5 Å². The predicted molar refractivity (Wildman–Crippen MR) is 66.4 cm³/mol. The molecule has 16 heavy (non-hydrogen) atoms. The van der Waals surface area contributed by atoms with Gasteiger partial charge in [0.05, 0.1) is 6.10 Å². The molecule has 1 aliphatic carbocycles. The van der Waals surface area contributed by atoms with E-state index < -0.39 is 0 Å². The fraction of sp³-hybridized carbons (Fsp3) is 1.00. The second-order valence-corrected chi connectivity index (χ2v) is 5.56. The Morgan fingerprint density at radius 3 is 2.62 bits per heavy atom. The Labute approximate surface area is 99.3 Å². The van der Waals surface area contributed by atoms with E-state index in [1.807, 2.05) is 7.11 Å². The number of ether oxygens (including phenoxy) is 1. The van der Waals surface area contributed by atoms with Crippen molar-refractivity contribution in [3.63, 3.8) is 0 Å². The van der Waals surface area contributed by atoms with Crippen molar-refractivity contribution < 1.29 is 4.74 Å². The molecule has 0 aromatic rings. The molecule has 3 nitrogen and oxygen atoms in total. The molecule has 0 amide bonds. The quantitative estimate of drug-likeness (QED) is 0.777. The van der Waals surface area contributed by atoms with Crippen molar-refractivity contribution in [3.8, 4) is 0 Å². The fourth-order valence-electron chi connectivity index (χ4n) is 3.45. The smallest absolute Gasteiger partial charge is 0.0726 e. The first-order chi connectivity index (χ1) is 7.65. The number of hydrogen-bond acceptors (Lipinski definition) is 3. The molecular formula is C13H26N2O. The van der Waals surface area contributed by atoms with Crippen molar-refractivity contribution in [3.05, 3.63) is 0 Å². The van der Waals surface area contributed by atoms with Crippen LogP contribution in [0.3, 0.4) is 0 Å². The van der Waals surface area contributed by atoms with E-state index >= 15 is 0 Å². The average molecular weight is 226 g/mol. The van der Waals surface area contributed by atoms with Crippen molar-refractivity contribution in [2.45, 2.75) is 63.8 Å². The van der Waals surface area contributed by atoms with Crippen molar-refractivity contribution in [1.29, 1.82) is 0 Å². The number of rotatable bonds is 2. The Kier molecular flexibility index (Phi) is 3.88. The van der Waals surface area contributed by atoms with E-state index in [2.05, 4.69) is 18.7 Å². The van der Waals surface area contributed by atoms with Gasteiger partial charge in [0.15, 0.2) is 0 Å². The molecule has 0 aromatic carbocycles. The molecule has 5 unspecified atom stereocenters. The zero-order valence-corrected chi connectivity index (χ0v) is 10.9. The van der Waals surface area contributed by atoms with Crippen molar-refractivity contribution in [2.24, 2.45) is 11.7 Å². The third-order valence-corrected chi connectivity index (χ3v) is 4.83. The second kappa shape index (κ2) is 5.03. The van der Waals surface area contributed by atoms with Crippen LogP contribution in [0.1, 0.15) is 39.5 Å². The minimum atomic E-state index is 0.383. The molecule has 0 bridgehead atoms. The van der Waals surface area contributed by atoms with Crippen LogP contribution >= 0.6 is 0 Å². The van der Waals surface area contributed by atoms with Gasteiger partial charge in [0, 0.05) is 31.8 Å². The summed E-state index contributed by atoms with van der Waals surface area (Å²) in [6.45, 7) is 5.77. The van der Waals surface area contributed by atoms with Crippen molar-refractivity contribution in [2.75, 3.05) is 13.7 Å². The molecule has 94 valence electrons. The van der Waals surface area contributed by atoms with E-state index in [1.165, 1.54) is 19.3 Å². The summed E-state index contributed by atoms with van der Waals surface area (Å²) < 4.78 is 5.61. The summed E-state index contributed by atoms with van der Waals surface area (Å²) in [7, 11) is 1.85. The van der Waals surface area contributed by atoms with E-state index in [-0.39, 0.29) is 0 Å². The highest BCUT2D eigenvalue weighted by Crippen LogP contribution is 2.32. The molecule has 0 radical (unpaired) electrons. The Bertz CT molecular complexity index is 234. The molecule has 1 saturated carbocycles. The van der Waals surface area contributed by atoms with Crippen LogP contribution in [-0.4, -0.2) is 42.8 Å². The minimum Gasteiger partial charge on any atom is -0.380 e. The number of methoxy groups -OCH3 is 1. The third-order valence-electron chi connectivity index (χ3n) is 4.83. The second-order valence-electron chi connectivity index (χ2n) is 5.56. The first-order valence-electron chi connectivity index (χ1n) is 6.69. The summed E-state index contributed by atoms with van der Waals surface area (Å²) in [6, 6.07) is 1.62. The molecule has 1 saturated heterocycles. The first kappa shape index (κ1) is 12.3. The summed E-state index contributed by atoms with van der Waals surface area (Å²) in [5.74, 6) is 0.604. The Balaban J connectivity index is 2.03. The van der Waals surface area contributed by atoms with Crippen LogP contribution in [0, 0.1) is 5.92 Å². The summed E-state index contributed by atoms with van der Waals surface area (Å²) in [4.78, 5) is 2.65. The topological polar surface area (TPSA) is 38.5 Å². The van der Waals surface area contributed by atoms with E-state index in [9.17, 15) is 0 Å². The van der Waals surface area contributed by atoms with Gasteiger partial charge in [-0.1, -0.05) is 6.92 Å². The van der Waals surface area contributed by atoms with Crippen LogP contribution < -0.4 is 5.73 Å². The number of nitrogens with two attached hydrogens (primary N) is 1. The van der Waals surface area contributed by atoms with Gasteiger partial charge in [-0.05, 0) is 38.5 Å². The lowest BCUT2D eigenvalue weighted by Crippen LogP contribution is -2.56. The van der Waals surface area contributed by atoms with Crippen molar-refractivity contribution in [1.82, 2.24) is 4.90 Å². The fourth-order valence-corrected chi connectivity index (χ4v) is 3.45. The van der Waals surface area contributed by atoms with Crippen LogP contribution in [0.25, 0.3) is 0 Å². The van der Waals surface area contributed by atoms with Crippen LogP contribution in [0.2, 0.25) is 0 Å². The van der Waals surface area contributed by atoms with Crippen LogP contribution in [0.5, 0.6) is 0 Å². The number of hydrogen-bond donors (Lipinski definition) is 1. The standard InChI is InChI=1S/C13H26N2O/c1-9-10(2)15(8-7-11(9)14)12-5-4-6-13(12)16-3/h9-13H,4-8,14H2,1-3H3. The van der Waals surface area contributed by atoms with Gasteiger partial charge in [0.25, 0.3) is 0 Å². The van der Waals surface area contributed by atoms with Gasteiger partial charge >= 0.3 is 0 Å². The van der Waals surface area contributed by atoms with Crippen LogP contribution in [0.4, 0.5) is 0 Å². The molecule has 1 heterocycles. The lowest BCUT2D eigenvalue weighted by Gasteiger charge is -2.45. The zero-order chi connectivity index (χ0) is 11.7. The van der Waals surface area contributed by atoms with Crippen LogP contribution in [0.15, 0.2) is 0 Å². The Morgan fingerprint density at radius 2 is 1.94 bits per heavy atom. The predicted octanol–water partition coefficient (Wildman–Crippen LogP) is 1.61.